The molecule has 0 bridgehead atoms. The van der Waals surface area contributed by atoms with Crippen molar-refractivity contribution >= 4 is 33.2 Å². The highest BCUT2D eigenvalue weighted by Gasteiger charge is 2.12. The Labute approximate surface area is 132 Å². The standard InChI is InChI=1S/C16H18BrNOS/c1-10-6-13(9-14(17)7-10)16(19)18-11(2)8-15-5-4-12(3)20-15/h4-7,9,11H,8H2,1-3H3,(H,18,19). The second kappa shape index (κ2) is 6.55. The minimum Gasteiger partial charge on any atom is -0.349 e. The first-order chi connectivity index (χ1) is 9.44. The first-order valence-corrected chi connectivity index (χ1v) is 8.18. The van der Waals surface area contributed by atoms with Gasteiger partial charge < -0.3 is 5.32 Å². The van der Waals surface area contributed by atoms with Crippen molar-refractivity contribution < 1.29 is 4.79 Å². The Bertz CT molecular complexity index is 600. The lowest BCUT2D eigenvalue weighted by molar-refractivity contribution is 0.0940. The molecule has 0 saturated heterocycles. The number of amides is 1. The summed E-state index contributed by atoms with van der Waals surface area (Å²) in [6, 6.07) is 10.1. The van der Waals surface area contributed by atoms with Crippen molar-refractivity contribution in [2.75, 3.05) is 0 Å². The fourth-order valence-electron chi connectivity index (χ4n) is 2.12. The van der Waals surface area contributed by atoms with E-state index in [0.717, 1.165) is 16.5 Å². The van der Waals surface area contributed by atoms with Gasteiger partial charge in [0.25, 0.3) is 5.91 Å². The molecule has 1 aromatic carbocycles. The van der Waals surface area contributed by atoms with E-state index in [1.165, 1.54) is 9.75 Å². The molecule has 2 rings (SSSR count). The molecule has 0 radical (unpaired) electrons. The molecule has 0 aliphatic rings. The summed E-state index contributed by atoms with van der Waals surface area (Å²) in [5.41, 5.74) is 1.78. The van der Waals surface area contributed by atoms with Gasteiger partial charge in [-0.05, 0) is 56.7 Å². The summed E-state index contributed by atoms with van der Waals surface area (Å²) < 4.78 is 0.934. The van der Waals surface area contributed by atoms with Crippen LogP contribution in [0.5, 0.6) is 0 Å². The molecule has 0 aliphatic heterocycles. The number of aryl methyl sites for hydroxylation is 2. The number of carbonyl (C=O) groups excluding carboxylic acids is 1. The van der Waals surface area contributed by atoms with Crippen molar-refractivity contribution in [1.82, 2.24) is 5.32 Å². The third kappa shape index (κ3) is 4.18. The Morgan fingerprint density at radius 3 is 2.65 bits per heavy atom. The molecule has 1 amide bonds. The van der Waals surface area contributed by atoms with Crippen LogP contribution >= 0.6 is 27.3 Å². The van der Waals surface area contributed by atoms with E-state index in [9.17, 15) is 4.79 Å². The highest BCUT2D eigenvalue weighted by Crippen LogP contribution is 2.18. The summed E-state index contributed by atoms with van der Waals surface area (Å²) in [7, 11) is 0. The zero-order chi connectivity index (χ0) is 14.7. The van der Waals surface area contributed by atoms with Crippen LogP contribution in [0, 0.1) is 13.8 Å². The van der Waals surface area contributed by atoms with E-state index in [1.54, 1.807) is 11.3 Å². The van der Waals surface area contributed by atoms with Gasteiger partial charge in [0.1, 0.15) is 0 Å². The lowest BCUT2D eigenvalue weighted by Crippen LogP contribution is -2.33. The van der Waals surface area contributed by atoms with Gasteiger partial charge in [0, 0.05) is 32.3 Å². The number of carbonyl (C=O) groups is 1. The molecule has 2 nitrogen and oxygen atoms in total. The summed E-state index contributed by atoms with van der Waals surface area (Å²) >= 11 is 5.21. The molecule has 4 heteroatoms. The Kier molecular flexibility index (Phi) is 5.00. The number of benzene rings is 1. The van der Waals surface area contributed by atoms with E-state index in [-0.39, 0.29) is 11.9 Å². The smallest absolute Gasteiger partial charge is 0.251 e. The van der Waals surface area contributed by atoms with E-state index in [0.29, 0.717) is 5.56 Å². The van der Waals surface area contributed by atoms with Gasteiger partial charge in [0.15, 0.2) is 0 Å². The molecule has 2 aromatic rings. The molecular formula is C16H18BrNOS. The lowest BCUT2D eigenvalue weighted by Gasteiger charge is -2.13. The molecule has 20 heavy (non-hydrogen) atoms. The van der Waals surface area contributed by atoms with Crippen LogP contribution in [0.2, 0.25) is 0 Å². The molecular weight excluding hydrogens is 334 g/mol. The number of hydrogen-bond acceptors (Lipinski definition) is 2. The Balaban J connectivity index is 2.00. The number of hydrogen-bond donors (Lipinski definition) is 1. The monoisotopic (exact) mass is 351 g/mol. The number of rotatable bonds is 4. The number of nitrogens with one attached hydrogen (secondary N) is 1. The van der Waals surface area contributed by atoms with Gasteiger partial charge in [-0.3, -0.25) is 4.79 Å². The molecule has 1 aromatic heterocycles. The predicted octanol–water partition coefficient (Wildman–Crippen LogP) is 4.49. The molecule has 106 valence electrons. The van der Waals surface area contributed by atoms with Gasteiger partial charge in [0.2, 0.25) is 0 Å². The number of halogens is 1. The van der Waals surface area contributed by atoms with Gasteiger partial charge >= 0.3 is 0 Å². The van der Waals surface area contributed by atoms with Crippen molar-refractivity contribution in [3.63, 3.8) is 0 Å². The molecule has 1 N–H and O–H groups in total. The van der Waals surface area contributed by atoms with Crippen molar-refractivity contribution in [2.24, 2.45) is 0 Å². The quantitative estimate of drug-likeness (QED) is 0.863. The second-order valence-electron chi connectivity index (χ2n) is 5.11. The van der Waals surface area contributed by atoms with E-state index >= 15 is 0 Å². The fourth-order valence-corrected chi connectivity index (χ4v) is 3.75. The van der Waals surface area contributed by atoms with Crippen molar-refractivity contribution in [3.8, 4) is 0 Å². The van der Waals surface area contributed by atoms with Crippen LogP contribution < -0.4 is 5.32 Å². The Morgan fingerprint density at radius 2 is 2.05 bits per heavy atom. The lowest BCUT2D eigenvalue weighted by atomic mass is 10.1. The fraction of sp³-hybridized carbons (Fsp3) is 0.312. The van der Waals surface area contributed by atoms with E-state index in [1.807, 2.05) is 32.0 Å². The summed E-state index contributed by atoms with van der Waals surface area (Å²) in [4.78, 5) is 14.8. The summed E-state index contributed by atoms with van der Waals surface area (Å²) in [5.74, 6) is -0.0184. The normalized spacial score (nSPS) is 12.2. The first kappa shape index (κ1) is 15.3. The van der Waals surface area contributed by atoms with Crippen molar-refractivity contribution in [2.45, 2.75) is 33.2 Å². The maximum Gasteiger partial charge on any atom is 0.251 e. The first-order valence-electron chi connectivity index (χ1n) is 6.57. The molecule has 0 aliphatic carbocycles. The summed E-state index contributed by atoms with van der Waals surface area (Å²) in [6.45, 7) is 6.12. The van der Waals surface area contributed by atoms with Gasteiger partial charge in [-0.25, -0.2) is 0 Å². The van der Waals surface area contributed by atoms with Gasteiger partial charge in [0.05, 0.1) is 0 Å². The van der Waals surface area contributed by atoms with Crippen LogP contribution in [0.3, 0.4) is 0 Å². The van der Waals surface area contributed by atoms with Crippen LogP contribution in [-0.2, 0) is 6.42 Å². The zero-order valence-electron chi connectivity index (χ0n) is 11.9. The van der Waals surface area contributed by atoms with Gasteiger partial charge in [-0.15, -0.1) is 11.3 Å². The maximum absolute atomic E-state index is 12.2. The second-order valence-corrected chi connectivity index (χ2v) is 7.40. The molecule has 0 saturated carbocycles. The summed E-state index contributed by atoms with van der Waals surface area (Å²) in [5, 5.41) is 3.06. The molecule has 1 atom stereocenters. The highest BCUT2D eigenvalue weighted by atomic mass is 79.9. The van der Waals surface area contributed by atoms with Gasteiger partial charge in [-0.2, -0.15) is 0 Å². The molecule has 0 spiro atoms. The van der Waals surface area contributed by atoms with Crippen LogP contribution in [-0.4, -0.2) is 11.9 Å². The van der Waals surface area contributed by atoms with Crippen LogP contribution in [0.15, 0.2) is 34.8 Å². The van der Waals surface area contributed by atoms with Crippen molar-refractivity contribution in [3.05, 3.63) is 55.7 Å². The zero-order valence-corrected chi connectivity index (χ0v) is 14.3. The Morgan fingerprint density at radius 1 is 1.30 bits per heavy atom. The molecule has 1 heterocycles. The predicted molar refractivity (Wildman–Crippen MR) is 88.6 cm³/mol. The van der Waals surface area contributed by atoms with Gasteiger partial charge in [-0.1, -0.05) is 15.9 Å². The third-order valence-electron chi connectivity index (χ3n) is 2.99. The summed E-state index contributed by atoms with van der Waals surface area (Å²) in [6.07, 6.45) is 0.872. The maximum atomic E-state index is 12.2. The topological polar surface area (TPSA) is 29.1 Å². The van der Waals surface area contributed by atoms with Crippen LogP contribution in [0.1, 0.15) is 32.6 Å². The van der Waals surface area contributed by atoms with E-state index < -0.39 is 0 Å². The van der Waals surface area contributed by atoms with Crippen LogP contribution in [0.25, 0.3) is 0 Å². The van der Waals surface area contributed by atoms with E-state index in [2.05, 4.69) is 40.3 Å². The Hall–Kier alpha value is -1.13. The average molecular weight is 352 g/mol. The minimum absolute atomic E-state index is 0.0184. The third-order valence-corrected chi connectivity index (χ3v) is 4.47. The molecule has 0 fully saturated rings. The average Bonchev–Trinajstić information content (AvgIpc) is 2.73. The number of thiophene rings is 1. The van der Waals surface area contributed by atoms with Crippen LogP contribution in [0.4, 0.5) is 0 Å². The SMILES string of the molecule is Cc1cc(Br)cc(C(=O)NC(C)Cc2ccc(C)s2)c1. The molecule has 1 unspecified atom stereocenters. The largest absolute Gasteiger partial charge is 0.349 e. The van der Waals surface area contributed by atoms with Crippen molar-refractivity contribution in [1.29, 1.82) is 0 Å². The van der Waals surface area contributed by atoms with E-state index in [4.69, 9.17) is 0 Å². The highest BCUT2D eigenvalue weighted by molar-refractivity contribution is 9.10. The minimum atomic E-state index is -0.0184.